The molecule has 8 heteroatoms. The van der Waals surface area contributed by atoms with Crippen LogP contribution in [0.5, 0.6) is 17.2 Å². The monoisotopic (exact) mass is 462 g/mol. The molecular weight excluding hydrogens is 436 g/mol. The topological polar surface area (TPSA) is 99.9 Å². The molecule has 2 aromatic carbocycles. The molecule has 0 aliphatic heterocycles. The van der Waals surface area contributed by atoms with Crippen molar-refractivity contribution < 1.29 is 23.4 Å². The van der Waals surface area contributed by atoms with Crippen LogP contribution in [0.25, 0.3) is 21.9 Å². The van der Waals surface area contributed by atoms with Crippen molar-refractivity contribution in [1.29, 1.82) is 0 Å². The number of hydrogen-bond donors (Lipinski definition) is 1. The Morgan fingerprint density at radius 2 is 1.62 bits per heavy atom. The molecule has 1 N–H and O–H groups in total. The summed E-state index contributed by atoms with van der Waals surface area (Å²) in [4.78, 5) is 30.3. The van der Waals surface area contributed by atoms with Gasteiger partial charge in [-0.1, -0.05) is 12.1 Å². The quantitative estimate of drug-likeness (QED) is 0.287. The van der Waals surface area contributed by atoms with Crippen LogP contribution in [0.3, 0.4) is 0 Å². The molecule has 4 rings (SSSR count). The number of amides is 1. The van der Waals surface area contributed by atoms with Gasteiger partial charge in [0.15, 0.2) is 11.5 Å². The number of para-hydroxylation sites is 1. The SMILES string of the molecule is CCOc1cc(C(=O)Nc2cc(C)c3c(=O)oc4ccccc4c3n2)cc(OCC)c1OCC. The fraction of sp³-hybridized carbons (Fsp3) is 0.269. The molecule has 0 unspecified atom stereocenters. The minimum Gasteiger partial charge on any atom is -0.490 e. The van der Waals surface area contributed by atoms with Gasteiger partial charge in [-0.25, -0.2) is 9.78 Å². The van der Waals surface area contributed by atoms with Crippen LogP contribution < -0.4 is 25.2 Å². The first-order valence-corrected chi connectivity index (χ1v) is 11.2. The third-order valence-corrected chi connectivity index (χ3v) is 5.18. The Labute approximate surface area is 196 Å². The number of hydrogen-bond acceptors (Lipinski definition) is 7. The summed E-state index contributed by atoms with van der Waals surface area (Å²) in [6.45, 7) is 8.58. The van der Waals surface area contributed by atoms with Gasteiger partial charge < -0.3 is 23.9 Å². The van der Waals surface area contributed by atoms with E-state index in [0.29, 0.717) is 75.9 Å². The second-order valence-corrected chi connectivity index (χ2v) is 7.49. The average molecular weight is 463 g/mol. The second-order valence-electron chi connectivity index (χ2n) is 7.49. The van der Waals surface area contributed by atoms with Crippen LogP contribution in [0, 0.1) is 6.92 Å². The summed E-state index contributed by atoms with van der Waals surface area (Å²) < 4.78 is 22.6. The number of nitrogens with one attached hydrogen (secondary N) is 1. The maximum atomic E-state index is 13.2. The first-order chi connectivity index (χ1) is 16.5. The molecule has 0 fully saturated rings. The summed E-state index contributed by atoms with van der Waals surface area (Å²) >= 11 is 0. The van der Waals surface area contributed by atoms with Crippen LogP contribution in [0.15, 0.2) is 51.7 Å². The van der Waals surface area contributed by atoms with Gasteiger partial charge in [0.1, 0.15) is 11.4 Å². The second kappa shape index (κ2) is 9.82. The highest BCUT2D eigenvalue weighted by Gasteiger charge is 2.20. The summed E-state index contributed by atoms with van der Waals surface area (Å²) in [5.41, 5.74) is 1.41. The minimum atomic E-state index is -0.467. The number of pyridine rings is 1. The largest absolute Gasteiger partial charge is 0.490 e. The molecule has 8 nitrogen and oxygen atoms in total. The van der Waals surface area contributed by atoms with E-state index in [9.17, 15) is 9.59 Å². The zero-order chi connectivity index (χ0) is 24.2. The Kier molecular flexibility index (Phi) is 6.67. The molecule has 0 atom stereocenters. The third kappa shape index (κ3) is 4.39. The molecule has 4 aromatic rings. The number of anilines is 1. The van der Waals surface area contributed by atoms with Crippen LogP contribution in [-0.4, -0.2) is 30.7 Å². The van der Waals surface area contributed by atoms with Crippen LogP contribution in [0.4, 0.5) is 5.82 Å². The van der Waals surface area contributed by atoms with E-state index < -0.39 is 11.5 Å². The van der Waals surface area contributed by atoms with Gasteiger partial charge in [0, 0.05) is 10.9 Å². The highest BCUT2D eigenvalue weighted by molar-refractivity contribution is 6.07. The fourth-order valence-electron chi connectivity index (χ4n) is 3.80. The smallest absolute Gasteiger partial charge is 0.346 e. The van der Waals surface area contributed by atoms with E-state index in [4.69, 9.17) is 18.6 Å². The number of aryl methyl sites for hydroxylation is 1. The Bertz CT molecular complexity index is 1400. The molecule has 0 spiro atoms. The standard InChI is InChI=1S/C26H26N2O6/c1-5-31-19-13-16(14-20(32-6-2)24(19)33-7-3)25(29)28-21-12-15(4)22-23(27-21)17-10-8-9-11-18(17)34-26(22)30/h8-14H,5-7H2,1-4H3,(H,27,28,29). The van der Waals surface area contributed by atoms with E-state index in [1.165, 1.54) is 0 Å². The first kappa shape index (κ1) is 23.1. The van der Waals surface area contributed by atoms with Crippen molar-refractivity contribution in [2.75, 3.05) is 25.1 Å². The predicted octanol–water partition coefficient (Wildman–Crippen LogP) is 5.10. The lowest BCUT2D eigenvalue weighted by Crippen LogP contribution is -2.15. The molecule has 2 aromatic heterocycles. The summed E-state index contributed by atoms with van der Waals surface area (Å²) in [5, 5.41) is 3.90. The Morgan fingerprint density at radius 3 is 2.26 bits per heavy atom. The Hall–Kier alpha value is -4.07. The number of fused-ring (bicyclic) bond motifs is 3. The maximum absolute atomic E-state index is 13.2. The number of carbonyl (C=O) groups is 1. The third-order valence-electron chi connectivity index (χ3n) is 5.18. The van der Waals surface area contributed by atoms with Gasteiger partial charge in [0.25, 0.3) is 5.91 Å². The van der Waals surface area contributed by atoms with E-state index in [1.54, 1.807) is 37.3 Å². The molecular formula is C26H26N2O6. The van der Waals surface area contributed by atoms with E-state index in [-0.39, 0.29) is 0 Å². The molecule has 0 bridgehead atoms. The molecule has 0 aliphatic carbocycles. The van der Waals surface area contributed by atoms with Gasteiger partial charge in [-0.2, -0.15) is 0 Å². The van der Waals surface area contributed by atoms with Crippen LogP contribution in [0.1, 0.15) is 36.7 Å². The van der Waals surface area contributed by atoms with Gasteiger partial charge in [-0.15, -0.1) is 0 Å². The van der Waals surface area contributed by atoms with Gasteiger partial charge in [-0.3, -0.25) is 4.79 Å². The zero-order valence-corrected chi connectivity index (χ0v) is 19.6. The number of nitrogens with zero attached hydrogens (tertiary/aromatic N) is 1. The summed E-state index contributed by atoms with van der Waals surface area (Å²) in [6.07, 6.45) is 0. The average Bonchev–Trinajstić information content (AvgIpc) is 2.81. The summed E-state index contributed by atoms with van der Waals surface area (Å²) in [5.74, 6) is 1.22. The molecule has 34 heavy (non-hydrogen) atoms. The maximum Gasteiger partial charge on any atom is 0.346 e. The van der Waals surface area contributed by atoms with Crippen LogP contribution in [0.2, 0.25) is 0 Å². The van der Waals surface area contributed by atoms with Crippen molar-refractivity contribution in [2.24, 2.45) is 0 Å². The minimum absolute atomic E-state index is 0.315. The van der Waals surface area contributed by atoms with Crippen LogP contribution in [-0.2, 0) is 0 Å². The lowest BCUT2D eigenvalue weighted by molar-refractivity contribution is 0.102. The van der Waals surface area contributed by atoms with Crippen molar-refractivity contribution in [1.82, 2.24) is 4.98 Å². The predicted molar refractivity (Wildman–Crippen MR) is 130 cm³/mol. The van der Waals surface area contributed by atoms with E-state index >= 15 is 0 Å². The molecule has 0 saturated carbocycles. The summed E-state index contributed by atoms with van der Waals surface area (Å²) in [7, 11) is 0. The lowest BCUT2D eigenvalue weighted by Gasteiger charge is -2.17. The van der Waals surface area contributed by atoms with E-state index in [0.717, 1.165) is 0 Å². The zero-order valence-electron chi connectivity index (χ0n) is 19.6. The summed E-state index contributed by atoms with van der Waals surface area (Å²) in [6, 6.07) is 12.0. The molecule has 2 heterocycles. The molecule has 0 aliphatic rings. The van der Waals surface area contributed by atoms with Crippen LogP contribution >= 0.6 is 0 Å². The van der Waals surface area contributed by atoms with Gasteiger partial charge in [0.05, 0.1) is 30.7 Å². The number of ether oxygens (including phenoxy) is 3. The first-order valence-electron chi connectivity index (χ1n) is 11.2. The molecule has 0 saturated heterocycles. The number of carbonyl (C=O) groups excluding carboxylic acids is 1. The Morgan fingerprint density at radius 1 is 0.971 bits per heavy atom. The molecule has 176 valence electrons. The van der Waals surface area contributed by atoms with Crippen molar-refractivity contribution in [3.63, 3.8) is 0 Å². The van der Waals surface area contributed by atoms with Crippen molar-refractivity contribution in [2.45, 2.75) is 27.7 Å². The van der Waals surface area contributed by atoms with Crippen molar-refractivity contribution >= 4 is 33.6 Å². The van der Waals surface area contributed by atoms with Gasteiger partial charge in [-0.05, 0) is 63.6 Å². The Balaban J connectivity index is 1.77. The van der Waals surface area contributed by atoms with E-state index in [1.807, 2.05) is 32.9 Å². The number of benzene rings is 2. The fourth-order valence-corrected chi connectivity index (χ4v) is 3.80. The number of rotatable bonds is 8. The lowest BCUT2D eigenvalue weighted by atomic mass is 10.1. The van der Waals surface area contributed by atoms with E-state index in [2.05, 4.69) is 10.3 Å². The highest BCUT2D eigenvalue weighted by atomic mass is 16.5. The van der Waals surface area contributed by atoms with Gasteiger partial charge >= 0.3 is 5.63 Å². The molecule has 0 radical (unpaired) electrons. The normalized spacial score (nSPS) is 10.9. The molecule has 1 amide bonds. The van der Waals surface area contributed by atoms with Gasteiger partial charge in [0.2, 0.25) is 5.75 Å². The van der Waals surface area contributed by atoms with Crippen molar-refractivity contribution in [3.05, 3.63) is 64.0 Å². The highest BCUT2D eigenvalue weighted by Crippen LogP contribution is 2.39. The number of aromatic nitrogens is 1. The van der Waals surface area contributed by atoms with Crippen molar-refractivity contribution in [3.8, 4) is 17.2 Å².